The van der Waals surface area contributed by atoms with E-state index in [1.54, 1.807) is 0 Å². The highest BCUT2D eigenvalue weighted by Crippen LogP contribution is 2.35. The molecular formula is C35H45N7O. The van der Waals surface area contributed by atoms with Crippen molar-refractivity contribution in [2.24, 2.45) is 5.92 Å². The molecule has 0 radical (unpaired) electrons. The third-order valence-electron chi connectivity index (χ3n) is 9.58. The molecule has 0 N–H and O–H groups in total. The maximum Gasteiger partial charge on any atom is 0.318 e. The van der Waals surface area contributed by atoms with Crippen LogP contribution in [0.5, 0.6) is 6.01 Å². The van der Waals surface area contributed by atoms with Crippen LogP contribution in [0, 0.1) is 17.2 Å². The van der Waals surface area contributed by atoms with Gasteiger partial charge in [-0.1, -0.05) is 55.3 Å². The molecule has 1 aliphatic carbocycles. The van der Waals surface area contributed by atoms with Crippen LogP contribution < -0.4 is 14.5 Å². The minimum atomic E-state index is 0.129. The van der Waals surface area contributed by atoms with Gasteiger partial charge in [-0.2, -0.15) is 15.2 Å². The highest BCUT2D eigenvalue weighted by molar-refractivity contribution is 5.94. The molecule has 3 aliphatic rings. The maximum absolute atomic E-state index is 9.59. The quantitative estimate of drug-likeness (QED) is 0.340. The molecule has 43 heavy (non-hydrogen) atoms. The fraction of sp³-hybridized carbons (Fsp3) is 0.514. The van der Waals surface area contributed by atoms with Crippen LogP contribution in [0.2, 0.25) is 0 Å². The van der Waals surface area contributed by atoms with Gasteiger partial charge in [0.05, 0.1) is 37.4 Å². The van der Waals surface area contributed by atoms with Crippen molar-refractivity contribution >= 4 is 22.3 Å². The van der Waals surface area contributed by atoms with Gasteiger partial charge in [0.1, 0.15) is 5.82 Å². The van der Waals surface area contributed by atoms with Crippen molar-refractivity contribution in [2.45, 2.75) is 64.1 Å². The summed E-state index contributed by atoms with van der Waals surface area (Å²) in [7, 11) is 4.37. The molecule has 3 heterocycles. The molecule has 2 aliphatic heterocycles. The van der Waals surface area contributed by atoms with E-state index in [2.05, 4.69) is 94.5 Å². The van der Waals surface area contributed by atoms with Gasteiger partial charge in [0.25, 0.3) is 0 Å². The van der Waals surface area contributed by atoms with E-state index in [9.17, 15) is 5.26 Å². The molecule has 2 fully saturated rings. The first-order valence-corrected chi connectivity index (χ1v) is 16.0. The van der Waals surface area contributed by atoms with Crippen molar-refractivity contribution in [2.75, 3.05) is 56.7 Å². The molecule has 0 spiro atoms. The largest absolute Gasteiger partial charge is 0.463 e. The number of rotatable bonds is 8. The van der Waals surface area contributed by atoms with Gasteiger partial charge in [-0.15, -0.1) is 0 Å². The molecule has 3 atom stereocenters. The molecule has 0 bridgehead atoms. The zero-order valence-corrected chi connectivity index (χ0v) is 26.0. The molecule has 8 nitrogen and oxygen atoms in total. The van der Waals surface area contributed by atoms with E-state index in [-0.39, 0.29) is 6.04 Å². The number of hydrogen-bond donors (Lipinski definition) is 0. The predicted molar refractivity (Wildman–Crippen MR) is 173 cm³/mol. The first kappa shape index (κ1) is 29.3. The number of nitrogens with zero attached hydrogens (tertiary/aromatic N) is 7. The smallest absolute Gasteiger partial charge is 0.318 e. The molecule has 3 aromatic rings. The SMILES string of the molecule is CC=CN1CCN(c2nc(OCC3CCCCC3N(C)C)nc3c2CCN(c2cccc4ccccc24)C3)CC1CC#N. The van der Waals surface area contributed by atoms with Crippen molar-refractivity contribution in [1.82, 2.24) is 19.8 Å². The summed E-state index contributed by atoms with van der Waals surface area (Å²) in [6.45, 7) is 6.78. The second kappa shape index (κ2) is 13.2. The van der Waals surface area contributed by atoms with Gasteiger partial charge in [-0.05, 0) is 57.9 Å². The lowest BCUT2D eigenvalue weighted by atomic mass is 9.84. The molecule has 1 saturated heterocycles. The van der Waals surface area contributed by atoms with E-state index >= 15 is 0 Å². The number of hydrogen-bond acceptors (Lipinski definition) is 8. The van der Waals surface area contributed by atoms with Gasteiger partial charge in [0, 0.05) is 54.8 Å². The van der Waals surface area contributed by atoms with E-state index < -0.39 is 0 Å². The minimum Gasteiger partial charge on any atom is -0.463 e. The van der Waals surface area contributed by atoms with Crippen molar-refractivity contribution in [3.63, 3.8) is 0 Å². The normalized spacial score (nSPS) is 22.7. The molecular weight excluding hydrogens is 534 g/mol. The second-order valence-electron chi connectivity index (χ2n) is 12.5. The van der Waals surface area contributed by atoms with Gasteiger partial charge in [-0.25, -0.2) is 0 Å². The van der Waals surface area contributed by atoms with E-state index in [0.717, 1.165) is 50.7 Å². The van der Waals surface area contributed by atoms with Crippen molar-refractivity contribution in [3.05, 3.63) is 66.0 Å². The summed E-state index contributed by atoms with van der Waals surface area (Å²) in [5.41, 5.74) is 3.53. The lowest BCUT2D eigenvalue weighted by Gasteiger charge is -2.42. The molecule has 226 valence electrons. The van der Waals surface area contributed by atoms with Crippen LogP contribution in [0.3, 0.4) is 0 Å². The van der Waals surface area contributed by atoms with E-state index in [1.807, 2.05) is 6.92 Å². The Morgan fingerprint density at radius 1 is 1.02 bits per heavy atom. The molecule has 0 amide bonds. The number of benzene rings is 2. The average molecular weight is 580 g/mol. The third-order valence-corrected chi connectivity index (χ3v) is 9.58. The number of nitriles is 1. The van der Waals surface area contributed by atoms with Crippen LogP contribution >= 0.6 is 0 Å². The maximum atomic E-state index is 9.59. The van der Waals surface area contributed by atoms with Crippen LogP contribution in [-0.2, 0) is 13.0 Å². The lowest BCUT2D eigenvalue weighted by Crippen LogP contribution is -2.51. The topological polar surface area (TPSA) is 71.8 Å². The third kappa shape index (κ3) is 6.28. The Labute approximate surface area is 256 Å². The number of piperazine rings is 1. The van der Waals surface area contributed by atoms with Crippen molar-refractivity contribution < 1.29 is 4.74 Å². The number of aromatic nitrogens is 2. The second-order valence-corrected chi connectivity index (χ2v) is 12.5. The van der Waals surface area contributed by atoms with Crippen LogP contribution in [-0.4, -0.2) is 78.7 Å². The fourth-order valence-electron chi connectivity index (χ4n) is 7.38. The summed E-state index contributed by atoms with van der Waals surface area (Å²) < 4.78 is 6.50. The summed E-state index contributed by atoms with van der Waals surface area (Å²) >= 11 is 0. The lowest BCUT2D eigenvalue weighted by molar-refractivity contribution is 0.103. The Hall–Kier alpha value is -3.83. The predicted octanol–water partition coefficient (Wildman–Crippen LogP) is 5.63. The summed E-state index contributed by atoms with van der Waals surface area (Å²) in [4.78, 5) is 19.7. The first-order valence-electron chi connectivity index (χ1n) is 16.0. The molecule has 1 aromatic heterocycles. The Kier molecular flexibility index (Phi) is 8.99. The van der Waals surface area contributed by atoms with Crippen molar-refractivity contribution in [3.8, 4) is 12.1 Å². The summed E-state index contributed by atoms with van der Waals surface area (Å²) in [6, 6.07) is 18.7. The Bertz CT molecular complexity index is 1480. The molecule has 2 aromatic carbocycles. The monoisotopic (exact) mass is 579 g/mol. The first-order chi connectivity index (χ1) is 21.1. The molecule has 3 unspecified atom stereocenters. The Balaban J connectivity index is 1.32. The highest BCUT2D eigenvalue weighted by Gasteiger charge is 2.32. The Morgan fingerprint density at radius 3 is 2.70 bits per heavy atom. The summed E-state index contributed by atoms with van der Waals surface area (Å²) in [6.07, 6.45) is 10.5. The minimum absolute atomic E-state index is 0.129. The fourth-order valence-corrected chi connectivity index (χ4v) is 7.38. The molecule has 6 rings (SSSR count). The van der Waals surface area contributed by atoms with E-state index in [1.165, 1.54) is 47.7 Å². The molecule has 1 saturated carbocycles. The summed E-state index contributed by atoms with van der Waals surface area (Å²) in [5, 5.41) is 12.1. The number of ether oxygens (including phenoxy) is 1. The van der Waals surface area contributed by atoms with Crippen LogP contribution in [0.15, 0.2) is 54.7 Å². The standard InChI is InChI=1S/C35H45N7O/c1-4-19-40-21-22-42(23-28(40)16-18-36)34-30-17-20-41(33-15-9-12-26-10-5-7-13-29(26)33)24-31(30)37-35(38-34)43-25-27-11-6-8-14-32(27)39(2)3/h4-5,7,9-10,12-13,15,19,27-28,32H,6,8,11,14,16-17,20-25H2,1-3H3. The van der Waals surface area contributed by atoms with Crippen LogP contribution in [0.4, 0.5) is 11.5 Å². The van der Waals surface area contributed by atoms with Crippen LogP contribution in [0.1, 0.15) is 50.3 Å². The summed E-state index contributed by atoms with van der Waals surface area (Å²) in [5.74, 6) is 1.47. The molecule has 8 heteroatoms. The van der Waals surface area contributed by atoms with Gasteiger partial charge >= 0.3 is 6.01 Å². The van der Waals surface area contributed by atoms with E-state index in [4.69, 9.17) is 14.7 Å². The van der Waals surface area contributed by atoms with Gasteiger partial charge in [0.15, 0.2) is 0 Å². The number of fused-ring (bicyclic) bond motifs is 2. The van der Waals surface area contributed by atoms with Crippen LogP contribution in [0.25, 0.3) is 10.8 Å². The Morgan fingerprint density at radius 2 is 1.86 bits per heavy atom. The van der Waals surface area contributed by atoms with E-state index in [0.29, 0.717) is 31.0 Å². The number of allylic oxidation sites excluding steroid dienone is 1. The average Bonchev–Trinajstić information content (AvgIpc) is 3.04. The number of anilines is 2. The highest BCUT2D eigenvalue weighted by atomic mass is 16.5. The van der Waals surface area contributed by atoms with Gasteiger partial charge in [0.2, 0.25) is 0 Å². The van der Waals surface area contributed by atoms with Crippen molar-refractivity contribution in [1.29, 1.82) is 5.26 Å². The van der Waals surface area contributed by atoms with Gasteiger partial charge in [-0.3, -0.25) is 0 Å². The zero-order chi connectivity index (χ0) is 29.8. The van der Waals surface area contributed by atoms with Gasteiger partial charge < -0.3 is 24.3 Å². The zero-order valence-electron chi connectivity index (χ0n) is 26.0.